The summed E-state index contributed by atoms with van der Waals surface area (Å²) in [6.45, 7) is 11.4. The average Bonchev–Trinajstić information content (AvgIpc) is 2.11. The zero-order valence-electron chi connectivity index (χ0n) is 11.9. The van der Waals surface area contributed by atoms with Gasteiger partial charge in [0.25, 0.3) is 0 Å². The second-order valence-corrected chi connectivity index (χ2v) is 6.51. The van der Waals surface area contributed by atoms with Crippen molar-refractivity contribution in [1.29, 1.82) is 0 Å². The molecule has 0 bridgehead atoms. The van der Waals surface area contributed by atoms with E-state index in [0.29, 0.717) is 0 Å². The van der Waals surface area contributed by atoms with Gasteiger partial charge in [-0.3, -0.25) is 4.90 Å². The fraction of sp³-hybridized carbons (Fsp3) is 0.600. The molecule has 100 valence electrons. The van der Waals surface area contributed by atoms with Gasteiger partial charge < -0.3 is 10.5 Å². The molecule has 1 aliphatic heterocycles. The molecule has 0 spiro atoms. The van der Waals surface area contributed by atoms with Gasteiger partial charge in [0, 0.05) is 25.3 Å². The second kappa shape index (κ2) is 4.56. The summed E-state index contributed by atoms with van der Waals surface area (Å²) in [5.74, 6) is 0. The molecule has 0 aromatic heterocycles. The Morgan fingerprint density at radius 2 is 1.78 bits per heavy atom. The van der Waals surface area contributed by atoms with E-state index in [-0.39, 0.29) is 11.2 Å². The first-order valence-electron chi connectivity index (χ1n) is 6.53. The van der Waals surface area contributed by atoms with Gasteiger partial charge in [-0.15, -0.1) is 0 Å². The van der Waals surface area contributed by atoms with Crippen molar-refractivity contribution in [2.24, 2.45) is 0 Å². The molecule has 3 nitrogen and oxygen atoms in total. The molecule has 1 saturated heterocycles. The Balaban J connectivity index is 2.09. The molecule has 1 aromatic rings. The van der Waals surface area contributed by atoms with Crippen LogP contribution in [0.5, 0.6) is 0 Å². The maximum Gasteiger partial charge on any atom is 0.0760 e. The Bertz CT molecular complexity index is 410. The molecule has 1 aromatic carbocycles. The predicted molar refractivity (Wildman–Crippen MR) is 75.4 cm³/mol. The summed E-state index contributed by atoms with van der Waals surface area (Å²) < 4.78 is 6.09. The lowest BCUT2D eigenvalue weighted by Gasteiger charge is -2.47. The molecule has 0 unspecified atom stereocenters. The third-order valence-electron chi connectivity index (χ3n) is 3.12. The second-order valence-electron chi connectivity index (χ2n) is 6.51. The first kappa shape index (κ1) is 13.4. The van der Waals surface area contributed by atoms with Crippen LogP contribution >= 0.6 is 0 Å². The van der Waals surface area contributed by atoms with E-state index in [0.717, 1.165) is 25.3 Å². The van der Waals surface area contributed by atoms with Gasteiger partial charge in [0.1, 0.15) is 0 Å². The molecule has 1 fully saturated rings. The zero-order chi connectivity index (χ0) is 13.4. The summed E-state index contributed by atoms with van der Waals surface area (Å²) in [7, 11) is 0. The molecule has 1 aliphatic rings. The van der Waals surface area contributed by atoms with Crippen molar-refractivity contribution >= 4 is 5.69 Å². The van der Waals surface area contributed by atoms with Crippen LogP contribution in [0.25, 0.3) is 0 Å². The van der Waals surface area contributed by atoms with Crippen LogP contribution in [0.2, 0.25) is 0 Å². The highest BCUT2D eigenvalue weighted by molar-refractivity contribution is 5.40. The fourth-order valence-electron chi connectivity index (χ4n) is 3.01. The van der Waals surface area contributed by atoms with Gasteiger partial charge in [-0.05, 0) is 45.4 Å². The van der Waals surface area contributed by atoms with E-state index in [1.165, 1.54) is 5.56 Å². The van der Waals surface area contributed by atoms with E-state index in [9.17, 15) is 0 Å². The summed E-state index contributed by atoms with van der Waals surface area (Å²) in [6.07, 6.45) is 0. The lowest BCUT2D eigenvalue weighted by Crippen LogP contribution is -2.56. The first-order valence-corrected chi connectivity index (χ1v) is 6.53. The van der Waals surface area contributed by atoms with Crippen molar-refractivity contribution in [3.8, 4) is 0 Å². The van der Waals surface area contributed by atoms with E-state index in [2.05, 4.69) is 44.7 Å². The Kier molecular flexibility index (Phi) is 3.39. The van der Waals surface area contributed by atoms with Crippen molar-refractivity contribution < 1.29 is 4.74 Å². The number of rotatable bonds is 2. The van der Waals surface area contributed by atoms with Crippen LogP contribution in [0.3, 0.4) is 0 Å². The fourth-order valence-corrected chi connectivity index (χ4v) is 3.01. The molecule has 0 aliphatic carbocycles. The van der Waals surface area contributed by atoms with Crippen LogP contribution in [-0.2, 0) is 11.3 Å². The summed E-state index contributed by atoms with van der Waals surface area (Å²) in [5.41, 5.74) is 7.74. The van der Waals surface area contributed by atoms with Gasteiger partial charge in [0.05, 0.1) is 11.2 Å². The van der Waals surface area contributed by atoms with Crippen LogP contribution in [0, 0.1) is 0 Å². The third-order valence-corrected chi connectivity index (χ3v) is 3.12. The van der Waals surface area contributed by atoms with Crippen LogP contribution in [0.15, 0.2) is 24.3 Å². The van der Waals surface area contributed by atoms with Crippen LogP contribution in [-0.4, -0.2) is 29.2 Å². The molecular formula is C15H24N2O. The molecule has 3 heteroatoms. The molecule has 2 N–H and O–H groups in total. The van der Waals surface area contributed by atoms with E-state index < -0.39 is 0 Å². The Morgan fingerprint density at radius 1 is 1.17 bits per heavy atom. The van der Waals surface area contributed by atoms with Crippen LogP contribution in [0.1, 0.15) is 33.3 Å². The maximum absolute atomic E-state index is 6.09. The van der Waals surface area contributed by atoms with Crippen molar-refractivity contribution in [1.82, 2.24) is 4.90 Å². The molecule has 0 saturated carbocycles. The minimum Gasteiger partial charge on any atom is -0.399 e. The summed E-state index contributed by atoms with van der Waals surface area (Å²) in [5, 5.41) is 0. The van der Waals surface area contributed by atoms with Gasteiger partial charge in [0.15, 0.2) is 0 Å². The van der Waals surface area contributed by atoms with E-state index >= 15 is 0 Å². The number of anilines is 1. The number of hydrogen-bond acceptors (Lipinski definition) is 3. The normalized spacial score (nSPS) is 22.9. The van der Waals surface area contributed by atoms with Gasteiger partial charge in [-0.2, -0.15) is 0 Å². The number of benzene rings is 1. The monoisotopic (exact) mass is 248 g/mol. The van der Waals surface area contributed by atoms with Crippen molar-refractivity contribution in [2.75, 3.05) is 18.8 Å². The standard InChI is InChI=1S/C15H24N2O/c1-14(2)10-17(11-15(3,4)18-14)9-12-6-5-7-13(16)8-12/h5-8H,9-11,16H2,1-4H3. The quantitative estimate of drug-likeness (QED) is 0.818. The number of ether oxygens (including phenoxy) is 1. The highest BCUT2D eigenvalue weighted by Crippen LogP contribution is 2.29. The minimum atomic E-state index is -0.0952. The topological polar surface area (TPSA) is 38.5 Å². The highest BCUT2D eigenvalue weighted by atomic mass is 16.5. The first-order chi connectivity index (χ1) is 8.26. The SMILES string of the molecule is CC1(C)CN(Cc2cccc(N)c2)CC(C)(C)O1. The number of nitrogens with zero attached hydrogens (tertiary/aromatic N) is 1. The molecule has 0 radical (unpaired) electrons. The summed E-state index contributed by atoms with van der Waals surface area (Å²) >= 11 is 0. The van der Waals surface area contributed by atoms with Gasteiger partial charge in [-0.1, -0.05) is 12.1 Å². The van der Waals surface area contributed by atoms with Crippen LogP contribution in [0.4, 0.5) is 5.69 Å². The molecule has 2 rings (SSSR count). The minimum absolute atomic E-state index is 0.0952. The number of morpholine rings is 1. The summed E-state index contributed by atoms with van der Waals surface area (Å²) in [6, 6.07) is 8.12. The third kappa shape index (κ3) is 3.47. The van der Waals surface area contributed by atoms with Gasteiger partial charge in [0.2, 0.25) is 0 Å². The van der Waals surface area contributed by atoms with E-state index in [1.807, 2.05) is 12.1 Å². The highest BCUT2D eigenvalue weighted by Gasteiger charge is 2.37. The van der Waals surface area contributed by atoms with Gasteiger partial charge >= 0.3 is 0 Å². The Morgan fingerprint density at radius 3 is 2.33 bits per heavy atom. The molecule has 0 amide bonds. The van der Waals surface area contributed by atoms with Crippen LogP contribution < -0.4 is 5.73 Å². The van der Waals surface area contributed by atoms with E-state index in [4.69, 9.17) is 10.5 Å². The lowest BCUT2D eigenvalue weighted by molar-refractivity contribution is -0.182. The Hall–Kier alpha value is -1.06. The van der Waals surface area contributed by atoms with Crippen molar-refractivity contribution in [2.45, 2.75) is 45.4 Å². The predicted octanol–water partition coefficient (Wildman–Crippen LogP) is 2.66. The number of hydrogen-bond donors (Lipinski definition) is 1. The molecule has 0 atom stereocenters. The maximum atomic E-state index is 6.09. The zero-order valence-corrected chi connectivity index (χ0v) is 11.9. The lowest BCUT2D eigenvalue weighted by atomic mass is 9.98. The number of nitrogens with two attached hydrogens (primary N) is 1. The molecular weight excluding hydrogens is 224 g/mol. The average molecular weight is 248 g/mol. The smallest absolute Gasteiger partial charge is 0.0760 e. The summed E-state index contributed by atoms with van der Waals surface area (Å²) in [4.78, 5) is 2.44. The van der Waals surface area contributed by atoms with Gasteiger partial charge in [-0.25, -0.2) is 0 Å². The van der Waals surface area contributed by atoms with Crippen molar-refractivity contribution in [3.63, 3.8) is 0 Å². The largest absolute Gasteiger partial charge is 0.399 e. The van der Waals surface area contributed by atoms with Crippen molar-refractivity contribution in [3.05, 3.63) is 29.8 Å². The molecule has 1 heterocycles. The Labute approximate surface area is 110 Å². The number of nitrogen functional groups attached to an aromatic ring is 1. The van der Waals surface area contributed by atoms with E-state index in [1.54, 1.807) is 0 Å². The molecule has 18 heavy (non-hydrogen) atoms.